The molecule has 2 unspecified atom stereocenters. The molecule has 2 N–H and O–H groups in total. The predicted octanol–water partition coefficient (Wildman–Crippen LogP) is 3.72. The van der Waals surface area contributed by atoms with Crippen molar-refractivity contribution in [2.75, 3.05) is 6.54 Å². The third-order valence-electron chi connectivity index (χ3n) is 5.85. The summed E-state index contributed by atoms with van der Waals surface area (Å²) in [5.41, 5.74) is 7.35. The normalized spacial score (nSPS) is 29.3. The summed E-state index contributed by atoms with van der Waals surface area (Å²) < 4.78 is 13.1. The van der Waals surface area contributed by atoms with Crippen LogP contribution in [0.4, 0.5) is 4.39 Å². The molecule has 0 spiro atoms. The molecule has 0 radical (unpaired) electrons. The first kappa shape index (κ1) is 17.4. The molecule has 4 heteroatoms. The number of hydrogen-bond donors (Lipinski definition) is 1. The zero-order valence-corrected chi connectivity index (χ0v) is 14.6. The Hall–Kier alpha value is -1.42. The number of nitrogens with zero attached hydrogens (tertiary/aromatic N) is 1. The quantitative estimate of drug-likeness (QED) is 0.893. The van der Waals surface area contributed by atoms with Gasteiger partial charge >= 0.3 is 0 Å². The third-order valence-corrected chi connectivity index (χ3v) is 5.85. The third kappa shape index (κ3) is 3.80. The maximum atomic E-state index is 13.1. The Bertz CT molecular complexity index is 545. The number of halogens is 1. The first-order chi connectivity index (χ1) is 11.6. The lowest BCUT2D eigenvalue weighted by molar-refractivity contribution is -0.139. The molecule has 2 saturated carbocycles. The van der Waals surface area contributed by atoms with Crippen LogP contribution < -0.4 is 5.73 Å². The van der Waals surface area contributed by atoms with E-state index in [0.29, 0.717) is 24.4 Å². The van der Waals surface area contributed by atoms with Crippen LogP contribution in [0, 0.1) is 23.6 Å². The topological polar surface area (TPSA) is 46.3 Å². The molecule has 0 saturated heterocycles. The van der Waals surface area contributed by atoms with Gasteiger partial charge in [-0.05, 0) is 61.6 Å². The van der Waals surface area contributed by atoms with Crippen molar-refractivity contribution in [1.82, 2.24) is 4.90 Å². The molecule has 0 heterocycles. The number of amides is 1. The van der Waals surface area contributed by atoms with E-state index in [1.165, 1.54) is 31.4 Å². The summed E-state index contributed by atoms with van der Waals surface area (Å²) in [6.45, 7) is 3.43. The Labute approximate surface area is 144 Å². The second kappa shape index (κ2) is 7.64. The zero-order valence-electron chi connectivity index (χ0n) is 14.6. The van der Waals surface area contributed by atoms with Gasteiger partial charge in [0, 0.05) is 25.0 Å². The van der Waals surface area contributed by atoms with Gasteiger partial charge in [0.25, 0.3) is 0 Å². The fourth-order valence-electron chi connectivity index (χ4n) is 4.60. The van der Waals surface area contributed by atoms with Gasteiger partial charge in [0.1, 0.15) is 5.82 Å². The summed E-state index contributed by atoms with van der Waals surface area (Å²) in [5, 5.41) is 0. The fourth-order valence-corrected chi connectivity index (χ4v) is 4.60. The lowest BCUT2D eigenvalue weighted by Gasteiger charge is -2.44. The molecule has 1 aromatic rings. The molecule has 2 fully saturated rings. The summed E-state index contributed by atoms with van der Waals surface area (Å²) in [6.07, 6.45) is 6.44. The van der Waals surface area contributed by atoms with Crippen molar-refractivity contribution in [3.05, 3.63) is 35.6 Å². The number of rotatable bonds is 5. The van der Waals surface area contributed by atoms with E-state index in [1.54, 1.807) is 12.1 Å². The molecular formula is C20H29FN2O. The van der Waals surface area contributed by atoms with Gasteiger partial charge < -0.3 is 10.6 Å². The second-order valence-corrected chi connectivity index (χ2v) is 7.58. The standard InChI is InChI=1S/C20H29FN2O/c1-2-10-23(13-14-6-8-18(21)9-7-14)20(24)17-11-15-4-3-5-16(12-17)19(15)22/h6-9,15-17,19H,2-5,10-13,22H2,1H3. The number of hydrogen-bond acceptors (Lipinski definition) is 2. The number of nitrogens with two attached hydrogens (primary N) is 1. The van der Waals surface area contributed by atoms with Crippen LogP contribution in [0.2, 0.25) is 0 Å². The van der Waals surface area contributed by atoms with Crippen LogP contribution in [-0.2, 0) is 11.3 Å². The summed E-state index contributed by atoms with van der Waals surface area (Å²) in [5.74, 6) is 1.18. The van der Waals surface area contributed by atoms with Gasteiger partial charge in [0.05, 0.1) is 0 Å². The Morgan fingerprint density at radius 2 is 1.83 bits per heavy atom. The van der Waals surface area contributed by atoms with E-state index < -0.39 is 0 Å². The molecule has 3 rings (SSSR count). The van der Waals surface area contributed by atoms with Crippen LogP contribution >= 0.6 is 0 Å². The van der Waals surface area contributed by atoms with Crippen molar-refractivity contribution in [3.8, 4) is 0 Å². The van der Waals surface area contributed by atoms with Crippen molar-refractivity contribution >= 4 is 5.91 Å². The molecule has 3 nitrogen and oxygen atoms in total. The zero-order chi connectivity index (χ0) is 17.1. The maximum absolute atomic E-state index is 13.1. The lowest BCUT2D eigenvalue weighted by Crippen LogP contribution is -2.49. The Morgan fingerprint density at radius 3 is 2.42 bits per heavy atom. The molecule has 0 aliphatic heterocycles. The Morgan fingerprint density at radius 1 is 1.21 bits per heavy atom. The Kier molecular flexibility index (Phi) is 5.54. The maximum Gasteiger partial charge on any atom is 0.226 e. The first-order valence-corrected chi connectivity index (χ1v) is 9.37. The lowest BCUT2D eigenvalue weighted by atomic mass is 9.65. The van der Waals surface area contributed by atoms with Gasteiger partial charge in [-0.2, -0.15) is 0 Å². The highest BCUT2D eigenvalue weighted by Crippen LogP contribution is 2.42. The van der Waals surface area contributed by atoms with Gasteiger partial charge in [-0.15, -0.1) is 0 Å². The van der Waals surface area contributed by atoms with Gasteiger partial charge in [0.2, 0.25) is 5.91 Å². The molecular weight excluding hydrogens is 303 g/mol. The van der Waals surface area contributed by atoms with Crippen molar-refractivity contribution < 1.29 is 9.18 Å². The van der Waals surface area contributed by atoms with Crippen LogP contribution in [0.3, 0.4) is 0 Å². The molecule has 2 atom stereocenters. The number of benzene rings is 1. The number of fused-ring (bicyclic) bond motifs is 2. The van der Waals surface area contributed by atoms with Gasteiger partial charge in [0.15, 0.2) is 0 Å². The molecule has 2 bridgehead atoms. The van der Waals surface area contributed by atoms with E-state index in [0.717, 1.165) is 31.4 Å². The summed E-state index contributed by atoms with van der Waals surface area (Å²) >= 11 is 0. The van der Waals surface area contributed by atoms with Crippen molar-refractivity contribution in [2.24, 2.45) is 23.5 Å². The second-order valence-electron chi connectivity index (χ2n) is 7.58. The van der Waals surface area contributed by atoms with Crippen molar-refractivity contribution in [3.63, 3.8) is 0 Å². The van der Waals surface area contributed by atoms with E-state index >= 15 is 0 Å². The number of carbonyl (C=O) groups excluding carboxylic acids is 1. The minimum atomic E-state index is -0.235. The first-order valence-electron chi connectivity index (χ1n) is 9.37. The molecule has 24 heavy (non-hydrogen) atoms. The molecule has 1 amide bonds. The van der Waals surface area contributed by atoms with E-state index in [4.69, 9.17) is 5.73 Å². The number of carbonyl (C=O) groups is 1. The molecule has 2 aliphatic rings. The van der Waals surface area contributed by atoms with E-state index in [9.17, 15) is 9.18 Å². The van der Waals surface area contributed by atoms with E-state index in [-0.39, 0.29) is 17.6 Å². The van der Waals surface area contributed by atoms with Crippen LogP contribution in [0.15, 0.2) is 24.3 Å². The summed E-state index contributed by atoms with van der Waals surface area (Å²) in [4.78, 5) is 15.1. The predicted molar refractivity (Wildman–Crippen MR) is 93.6 cm³/mol. The van der Waals surface area contributed by atoms with Crippen LogP contribution in [0.1, 0.15) is 51.0 Å². The average molecular weight is 332 g/mol. The van der Waals surface area contributed by atoms with E-state index in [1.807, 2.05) is 4.90 Å². The Balaban J connectivity index is 1.68. The highest BCUT2D eigenvalue weighted by Gasteiger charge is 2.41. The monoisotopic (exact) mass is 332 g/mol. The molecule has 132 valence electrons. The van der Waals surface area contributed by atoms with E-state index in [2.05, 4.69) is 6.92 Å². The highest BCUT2D eigenvalue weighted by molar-refractivity contribution is 5.79. The van der Waals surface area contributed by atoms with Crippen molar-refractivity contribution in [2.45, 2.75) is 58.0 Å². The fraction of sp³-hybridized carbons (Fsp3) is 0.650. The van der Waals surface area contributed by atoms with Gasteiger partial charge in [-0.3, -0.25) is 4.79 Å². The van der Waals surface area contributed by atoms with Gasteiger partial charge in [-0.1, -0.05) is 25.5 Å². The minimum Gasteiger partial charge on any atom is -0.338 e. The van der Waals surface area contributed by atoms with Crippen LogP contribution in [-0.4, -0.2) is 23.4 Å². The highest BCUT2D eigenvalue weighted by atomic mass is 19.1. The summed E-state index contributed by atoms with van der Waals surface area (Å²) in [6, 6.07) is 6.77. The summed E-state index contributed by atoms with van der Waals surface area (Å²) in [7, 11) is 0. The van der Waals surface area contributed by atoms with Gasteiger partial charge in [-0.25, -0.2) is 4.39 Å². The molecule has 0 aromatic heterocycles. The average Bonchev–Trinajstić information content (AvgIpc) is 2.55. The SMILES string of the molecule is CCCN(Cc1ccc(F)cc1)C(=O)C1CC2CCCC(C1)C2N. The molecule has 1 aromatic carbocycles. The van der Waals surface area contributed by atoms with Crippen LogP contribution in [0.25, 0.3) is 0 Å². The minimum absolute atomic E-state index is 0.118. The van der Waals surface area contributed by atoms with Crippen molar-refractivity contribution in [1.29, 1.82) is 0 Å². The largest absolute Gasteiger partial charge is 0.338 e. The van der Waals surface area contributed by atoms with Crippen LogP contribution in [0.5, 0.6) is 0 Å². The molecule has 2 aliphatic carbocycles. The smallest absolute Gasteiger partial charge is 0.226 e.